The predicted octanol–water partition coefficient (Wildman–Crippen LogP) is 1.86. The molecule has 0 unspecified atom stereocenters. The fourth-order valence-corrected chi connectivity index (χ4v) is 4.73. The number of carbonyl (C=O) groups excluding carboxylic acids is 1. The van der Waals surface area contributed by atoms with Gasteiger partial charge in [-0.1, -0.05) is 0 Å². The zero-order valence-electron chi connectivity index (χ0n) is 10.7. The van der Waals surface area contributed by atoms with E-state index in [1.54, 1.807) is 0 Å². The molecule has 2 saturated heterocycles. The fraction of sp³-hybridized carbons (Fsp3) is 0.923. The molecule has 3 nitrogen and oxygen atoms in total. The third-order valence-electron chi connectivity index (χ3n) is 4.28. The standard InChI is InChI=1S/C13H20FNO2S/c1-2-17-11-5-13(18-6-11)7-15(8-13)12(16)9-3-10(14)4-9/h9-11H,2-8H2,1H3/t9?,10?,11-/m1/s1. The SMILES string of the molecule is CCO[C@H]1CSC2(C1)CN(C(=O)C1CC(F)C1)C2. The molecule has 0 radical (unpaired) electrons. The summed E-state index contributed by atoms with van der Waals surface area (Å²) >= 11 is 1.95. The van der Waals surface area contributed by atoms with Crippen LogP contribution < -0.4 is 0 Å². The van der Waals surface area contributed by atoms with Crippen LogP contribution in [0.5, 0.6) is 0 Å². The lowest BCUT2D eigenvalue weighted by molar-refractivity contribution is -0.146. The number of hydrogen-bond acceptors (Lipinski definition) is 3. The zero-order valence-corrected chi connectivity index (χ0v) is 11.5. The normalized spacial score (nSPS) is 37.4. The molecule has 1 atom stereocenters. The van der Waals surface area contributed by atoms with Gasteiger partial charge >= 0.3 is 0 Å². The predicted molar refractivity (Wildman–Crippen MR) is 69.4 cm³/mol. The highest BCUT2D eigenvalue weighted by Crippen LogP contribution is 2.47. The van der Waals surface area contributed by atoms with E-state index in [0.29, 0.717) is 18.9 Å². The van der Waals surface area contributed by atoms with Gasteiger partial charge in [0.2, 0.25) is 5.91 Å². The van der Waals surface area contributed by atoms with Gasteiger partial charge in [-0.2, -0.15) is 0 Å². The van der Waals surface area contributed by atoms with Crippen LogP contribution in [0.25, 0.3) is 0 Å². The van der Waals surface area contributed by atoms with Crippen molar-refractivity contribution in [2.45, 2.75) is 43.2 Å². The molecule has 5 heteroatoms. The van der Waals surface area contributed by atoms with Crippen molar-refractivity contribution in [2.75, 3.05) is 25.4 Å². The second kappa shape index (κ2) is 4.67. The molecule has 3 fully saturated rings. The molecule has 3 rings (SSSR count). The van der Waals surface area contributed by atoms with Crippen molar-refractivity contribution in [1.29, 1.82) is 0 Å². The van der Waals surface area contributed by atoms with Crippen LogP contribution in [-0.4, -0.2) is 53.3 Å². The number of likely N-dealkylation sites (tertiary alicyclic amines) is 1. The van der Waals surface area contributed by atoms with Gasteiger partial charge in [-0.15, -0.1) is 11.8 Å². The number of alkyl halides is 1. The number of nitrogens with zero attached hydrogens (tertiary/aromatic N) is 1. The average molecular weight is 273 g/mol. The minimum atomic E-state index is -0.739. The summed E-state index contributed by atoms with van der Waals surface area (Å²) in [7, 11) is 0. The van der Waals surface area contributed by atoms with Gasteiger partial charge in [0, 0.05) is 31.4 Å². The molecule has 102 valence electrons. The van der Waals surface area contributed by atoms with Crippen LogP contribution in [0.3, 0.4) is 0 Å². The third kappa shape index (κ3) is 2.16. The van der Waals surface area contributed by atoms with Gasteiger partial charge in [0.1, 0.15) is 6.17 Å². The first-order chi connectivity index (χ1) is 8.62. The van der Waals surface area contributed by atoms with Gasteiger partial charge < -0.3 is 9.64 Å². The first-order valence-electron chi connectivity index (χ1n) is 6.80. The van der Waals surface area contributed by atoms with Crippen molar-refractivity contribution in [3.63, 3.8) is 0 Å². The lowest BCUT2D eigenvalue weighted by atomic mass is 9.80. The highest BCUT2D eigenvalue weighted by atomic mass is 32.2. The second-order valence-electron chi connectivity index (χ2n) is 5.74. The van der Waals surface area contributed by atoms with Crippen LogP contribution in [0.2, 0.25) is 0 Å². The van der Waals surface area contributed by atoms with Gasteiger partial charge in [-0.3, -0.25) is 4.79 Å². The first kappa shape index (κ1) is 12.7. The molecule has 0 N–H and O–H groups in total. The van der Waals surface area contributed by atoms with E-state index in [1.807, 2.05) is 23.6 Å². The monoisotopic (exact) mass is 273 g/mol. The molecule has 1 amide bonds. The molecule has 0 aromatic carbocycles. The number of thioether (sulfide) groups is 1. The van der Waals surface area contributed by atoms with Gasteiger partial charge in [0.05, 0.1) is 10.9 Å². The summed E-state index contributed by atoms with van der Waals surface area (Å²) < 4.78 is 18.6. The summed E-state index contributed by atoms with van der Waals surface area (Å²) in [5.74, 6) is 1.19. The van der Waals surface area contributed by atoms with Crippen LogP contribution in [0.1, 0.15) is 26.2 Å². The van der Waals surface area contributed by atoms with Crippen LogP contribution in [-0.2, 0) is 9.53 Å². The molecule has 1 saturated carbocycles. The summed E-state index contributed by atoms with van der Waals surface area (Å²) in [5, 5.41) is 0. The number of hydrogen-bond donors (Lipinski definition) is 0. The molecule has 1 spiro atoms. The Kier molecular flexibility index (Phi) is 3.30. The van der Waals surface area contributed by atoms with Crippen molar-refractivity contribution in [3.05, 3.63) is 0 Å². The second-order valence-corrected chi connectivity index (χ2v) is 7.22. The summed E-state index contributed by atoms with van der Waals surface area (Å²) in [6.07, 6.45) is 1.56. The maximum atomic E-state index is 12.8. The summed E-state index contributed by atoms with van der Waals surface area (Å²) in [5.41, 5.74) is 0. The molecule has 0 aromatic rings. The fourth-order valence-electron chi connectivity index (χ4n) is 3.18. The summed E-state index contributed by atoms with van der Waals surface area (Å²) in [6, 6.07) is 0. The zero-order chi connectivity index (χ0) is 12.8. The quantitative estimate of drug-likeness (QED) is 0.786. The topological polar surface area (TPSA) is 29.5 Å². The van der Waals surface area contributed by atoms with Gasteiger partial charge in [0.15, 0.2) is 0 Å². The van der Waals surface area contributed by atoms with Gasteiger partial charge in [0.25, 0.3) is 0 Å². The van der Waals surface area contributed by atoms with E-state index in [0.717, 1.165) is 31.9 Å². The maximum absolute atomic E-state index is 12.8. The van der Waals surface area contributed by atoms with Crippen LogP contribution >= 0.6 is 11.8 Å². The minimum absolute atomic E-state index is 0.0357. The lowest BCUT2D eigenvalue weighted by Gasteiger charge is -2.49. The molecule has 3 aliphatic rings. The number of amides is 1. The lowest BCUT2D eigenvalue weighted by Crippen LogP contribution is -2.62. The van der Waals surface area contributed by atoms with Crippen LogP contribution in [0.15, 0.2) is 0 Å². The largest absolute Gasteiger partial charge is 0.378 e. The Balaban J connectivity index is 1.47. The maximum Gasteiger partial charge on any atom is 0.225 e. The molecular formula is C13H20FNO2S. The summed E-state index contributed by atoms with van der Waals surface area (Å²) in [4.78, 5) is 13.9. The van der Waals surface area contributed by atoms with E-state index >= 15 is 0 Å². The minimum Gasteiger partial charge on any atom is -0.378 e. The number of ether oxygens (including phenoxy) is 1. The number of carbonyl (C=O) groups is 1. The van der Waals surface area contributed by atoms with E-state index in [-0.39, 0.29) is 16.6 Å². The van der Waals surface area contributed by atoms with Crippen molar-refractivity contribution in [1.82, 2.24) is 4.90 Å². The van der Waals surface area contributed by atoms with E-state index in [4.69, 9.17) is 4.74 Å². The molecule has 2 aliphatic heterocycles. The van der Waals surface area contributed by atoms with Crippen LogP contribution in [0, 0.1) is 5.92 Å². The first-order valence-corrected chi connectivity index (χ1v) is 7.79. The molecule has 1 aliphatic carbocycles. The Bertz CT molecular complexity index is 340. The van der Waals surface area contributed by atoms with E-state index < -0.39 is 6.17 Å². The highest BCUT2D eigenvalue weighted by molar-refractivity contribution is 8.01. The van der Waals surface area contributed by atoms with Crippen molar-refractivity contribution in [3.8, 4) is 0 Å². The Morgan fingerprint density at radius 2 is 2.22 bits per heavy atom. The van der Waals surface area contributed by atoms with E-state index in [2.05, 4.69) is 0 Å². The Labute approximate surface area is 111 Å². The van der Waals surface area contributed by atoms with Gasteiger partial charge in [-0.25, -0.2) is 4.39 Å². The molecule has 18 heavy (non-hydrogen) atoms. The van der Waals surface area contributed by atoms with Gasteiger partial charge in [-0.05, 0) is 26.2 Å². The molecule has 2 heterocycles. The highest BCUT2D eigenvalue weighted by Gasteiger charge is 2.52. The Hall–Kier alpha value is -0.290. The van der Waals surface area contributed by atoms with E-state index in [1.165, 1.54) is 0 Å². The number of rotatable bonds is 3. The molecular weight excluding hydrogens is 253 g/mol. The Morgan fingerprint density at radius 1 is 1.50 bits per heavy atom. The average Bonchev–Trinajstić information content (AvgIpc) is 2.67. The molecule has 0 aromatic heterocycles. The van der Waals surface area contributed by atoms with E-state index in [9.17, 15) is 9.18 Å². The number of halogens is 1. The van der Waals surface area contributed by atoms with Crippen molar-refractivity contribution < 1.29 is 13.9 Å². The third-order valence-corrected chi connectivity index (χ3v) is 5.85. The summed E-state index contributed by atoms with van der Waals surface area (Å²) in [6.45, 7) is 4.47. The van der Waals surface area contributed by atoms with Crippen molar-refractivity contribution >= 4 is 17.7 Å². The van der Waals surface area contributed by atoms with Crippen molar-refractivity contribution in [2.24, 2.45) is 5.92 Å². The van der Waals surface area contributed by atoms with Crippen LogP contribution in [0.4, 0.5) is 4.39 Å². The Morgan fingerprint density at radius 3 is 2.83 bits per heavy atom. The molecule has 0 bridgehead atoms. The smallest absolute Gasteiger partial charge is 0.225 e.